The Morgan fingerprint density at radius 2 is 2.00 bits per heavy atom. The van der Waals surface area contributed by atoms with Gasteiger partial charge in [0.2, 0.25) is 0 Å². The molecule has 0 aliphatic rings. The van der Waals surface area contributed by atoms with E-state index in [1.807, 2.05) is 18.2 Å². The predicted octanol–water partition coefficient (Wildman–Crippen LogP) is 1.96. The van der Waals surface area contributed by atoms with Crippen LogP contribution in [0.4, 0.5) is 0 Å². The quantitative estimate of drug-likeness (QED) is 0.784. The average Bonchev–Trinajstić information content (AvgIpc) is 2.89. The zero-order valence-electron chi connectivity index (χ0n) is 11.3. The summed E-state index contributed by atoms with van der Waals surface area (Å²) in [5.74, 6) is 2.26. The lowest BCUT2D eigenvalue weighted by Gasteiger charge is -2.08. The van der Waals surface area contributed by atoms with Gasteiger partial charge in [0.25, 0.3) is 0 Å². The summed E-state index contributed by atoms with van der Waals surface area (Å²) >= 11 is 0. The van der Waals surface area contributed by atoms with Gasteiger partial charge in [0.15, 0.2) is 17.1 Å². The van der Waals surface area contributed by atoms with E-state index in [2.05, 4.69) is 19.9 Å². The molecule has 0 saturated heterocycles. The minimum absolute atomic E-state index is 0.663. The number of benzene rings is 1. The number of imidazole rings is 1. The van der Waals surface area contributed by atoms with Crippen molar-refractivity contribution < 1.29 is 9.47 Å². The van der Waals surface area contributed by atoms with Crippen molar-refractivity contribution >= 4 is 11.2 Å². The SMILES string of the molecule is COc1ccc(Cc2nc3ncncc3[nH]2)cc1OC. The molecule has 2 heterocycles. The summed E-state index contributed by atoms with van der Waals surface area (Å²) in [6.45, 7) is 0. The van der Waals surface area contributed by atoms with Crippen LogP contribution < -0.4 is 9.47 Å². The summed E-state index contributed by atoms with van der Waals surface area (Å²) in [5, 5.41) is 0. The fraction of sp³-hybridized carbons (Fsp3) is 0.214. The Balaban J connectivity index is 1.90. The maximum absolute atomic E-state index is 5.30. The van der Waals surface area contributed by atoms with Gasteiger partial charge in [-0.25, -0.2) is 15.0 Å². The number of aromatic nitrogens is 4. The number of nitrogens with zero attached hydrogens (tertiary/aromatic N) is 3. The van der Waals surface area contributed by atoms with Crippen LogP contribution in [-0.2, 0) is 6.42 Å². The Kier molecular flexibility index (Phi) is 3.20. The summed E-state index contributed by atoms with van der Waals surface area (Å²) in [4.78, 5) is 15.7. The first kappa shape index (κ1) is 12.4. The minimum atomic E-state index is 0.663. The standard InChI is InChI=1S/C14H14N4O2/c1-19-11-4-3-9(5-12(11)20-2)6-13-17-10-7-15-8-16-14(10)18-13/h3-5,7-8H,6H2,1-2H3,(H,15,16,17,18). The zero-order chi connectivity index (χ0) is 13.9. The molecule has 2 aromatic heterocycles. The highest BCUT2D eigenvalue weighted by Crippen LogP contribution is 2.28. The van der Waals surface area contributed by atoms with Gasteiger partial charge in [-0.2, -0.15) is 0 Å². The largest absolute Gasteiger partial charge is 0.493 e. The highest BCUT2D eigenvalue weighted by Gasteiger charge is 2.08. The maximum atomic E-state index is 5.30. The molecule has 1 N–H and O–H groups in total. The number of nitrogens with one attached hydrogen (secondary N) is 1. The van der Waals surface area contributed by atoms with Crippen LogP contribution in [0.1, 0.15) is 11.4 Å². The highest BCUT2D eigenvalue weighted by atomic mass is 16.5. The second-order valence-corrected chi connectivity index (χ2v) is 4.31. The average molecular weight is 270 g/mol. The van der Waals surface area contributed by atoms with Crippen molar-refractivity contribution in [3.05, 3.63) is 42.1 Å². The number of hydrogen-bond donors (Lipinski definition) is 1. The molecule has 0 bridgehead atoms. The van der Waals surface area contributed by atoms with Crippen LogP contribution >= 0.6 is 0 Å². The molecule has 3 aromatic rings. The summed E-state index contributed by atoms with van der Waals surface area (Å²) < 4.78 is 10.5. The van der Waals surface area contributed by atoms with Crippen molar-refractivity contribution in [3.63, 3.8) is 0 Å². The van der Waals surface area contributed by atoms with Crippen LogP contribution in [0, 0.1) is 0 Å². The van der Waals surface area contributed by atoms with Crippen molar-refractivity contribution in [2.24, 2.45) is 0 Å². The monoisotopic (exact) mass is 270 g/mol. The van der Waals surface area contributed by atoms with E-state index < -0.39 is 0 Å². The van der Waals surface area contributed by atoms with Crippen LogP contribution in [0.2, 0.25) is 0 Å². The molecular formula is C14H14N4O2. The third-order valence-electron chi connectivity index (χ3n) is 3.03. The van der Waals surface area contributed by atoms with Crippen LogP contribution in [0.15, 0.2) is 30.7 Å². The van der Waals surface area contributed by atoms with Crippen LogP contribution in [-0.4, -0.2) is 34.2 Å². The molecule has 0 atom stereocenters. The fourth-order valence-corrected chi connectivity index (χ4v) is 2.08. The van der Waals surface area contributed by atoms with E-state index in [1.54, 1.807) is 20.4 Å². The molecule has 0 aliphatic heterocycles. The Labute approximate surface area is 115 Å². The summed E-state index contributed by atoms with van der Waals surface area (Å²) in [5.41, 5.74) is 2.59. The van der Waals surface area contributed by atoms with Gasteiger partial charge in [0.1, 0.15) is 17.7 Å². The number of rotatable bonds is 4. The van der Waals surface area contributed by atoms with Gasteiger partial charge < -0.3 is 14.5 Å². The van der Waals surface area contributed by atoms with Gasteiger partial charge in [-0.05, 0) is 17.7 Å². The van der Waals surface area contributed by atoms with Crippen LogP contribution in [0.25, 0.3) is 11.2 Å². The van der Waals surface area contributed by atoms with Gasteiger partial charge in [-0.15, -0.1) is 0 Å². The first-order chi connectivity index (χ1) is 9.80. The second kappa shape index (κ2) is 5.16. The molecule has 0 amide bonds. The van der Waals surface area contributed by atoms with Gasteiger partial charge in [-0.3, -0.25) is 0 Å². The summed E-state index contributed by atoms with van der Waals surface area (Å²) in [6, 6.07) is 5.81. The molecule has 20 heavy (non-hydrogen) atoms. The number of methoxy groups -OCH3 is 2. The zero-order valence-corrected chi connectivity index (χ0v) is 11.3. The molecule has 102 valence electrons. The van der Waals surface area contributed by atoms with Gasteiger partial charge in [0.05, 0.1) is 20.4 Å². The van der Waals surface area contributed by atoms with Crippen LogP contribution in [0.5, 0.6) is 11.5 Å². The molecule has 6 heteroatoms. The molecule has 0 aliphatic carbocycles. The summed E-state index contributed by atoms with van der Waals surface area (Å²) in [6.07, 6.45) is 3.87. The molecule has 1 aromatic carbocycles. The second-order valence-electron chi connectivity index (χ2n) is 4.31. The maximum Gasteiger partial charge on any atom is 0.180 e. The first-order valence-electron chi connectivity index (χ1n) is 6.15. The van der Waals surface area contributed by atoms with E-state index in [-0.39, 0.29) is 0 Å². The number of ether oxygens (including phenoxy) is 2. The van der Waals surface area contributed by atoms with Gasteiger partial charge in [-0.1, -0.05) is 6.07 Å². The normalized spacial score (nSPS) is 10.7. The van der Waals surface area contributed by atoms with E-state index in [0.717, 1.165) is 16.9 Å². The highest BCUT2D eigenvalue weighted by molar-refractivity contribution is 5.68. The number of fused-ring (bicyclic) bond motifs is 1. The van der Waals surface area contributed by atoms with Crippen molar-refractivity contribution in [2.75, 3.05) is 14.2 Å². The summed E-state index contributed by atoms with van der Waals surface area (Å²) in [7, 11) is 3.24. The fourth-order valence-electron chi connectivity index (χ4n) is 2.08. The molecule has 0 unspecified atom stereocenters. The number of hydrogen-bond acceptors (Lipinski definition) is 5. The van der Waals surface area contributed by atoms with E-state index in [4.69, 9.17) is 9.47 Å². The molecule has 3 rings (SSSR count). The van der Waals surface area contributed by atoms with E-state index in [1.165, 1.54) is 6.33 Å². The lowest BCUT2D eigenvalue weighted by molar-refractivity contribution is 0.354. The van der Waals surface area contributed by atoms with Gasteiger partial charge in [0, 0.05) is 6.42 Å². The topological polar surface area (TPSA) is 72.9 Å². The Bertz CT molecular complexity index is 706. The third-order valence-corrected chi connectivity index (χ3v) is 3.03. The van der Waals surface area contributed by atoms with E-state index in [9.17, 15) is 0 Å². The number of H-pyrrole nitrogens is 1. The van der Waals surface area contributed by atoms with E-state index in [0.29, 0.717) is 23.6 Å². The molecule has 0 fully saturated rings. The van der Waals surface area contributed by atoms with Crippen molar-refractivity contribution in [3.8, 4) is 11.5 Å². The van der Waals surface area contributed by atoms with Crippen molar-refractivity contribution in [1.29, 1.82) is 0 Å². The molecule has 0 radical (unpaired) electrons. The first-order valence-corrected chi connectivity index (χ1v) is 6.15. The predicted molar refractivity (Wildman–Crippen MR) is 74.0 cm³/mol. The third kappa shape index (κ3) is 2.27. The van der Waals surface area contributed by atoms with Gasteiger partial charge >= 0.3 is 0 Å². The van der Waals surface area contributed by atoms with E-state index >= 15 is 0 Å². The van der Waals surface area contributed by atoms with Crippen molar-refractivity contribution in [1.82, 2.24) is 19.9 Å². The molecule has 6 nitrogen and oxygen atoms in total. The molecule has 0 saturated carbocycles. The Hall–Kier alpha value is -2.63. The lowest BCUT2D eigenvalue weighted by atomic mass is 10.1. The molecular weight excluding hydrogens is 256 g/mol. The number of aromatic amines is 1. The Morgan fingerprint density at radius 1 is 1.15 bits per heavy atom. The minimum Gasteiger partial charge on any atom is -0.493 e. The molecule has 0 spiro atoms. The smallest absolute Gasteiger partial charge is 0.180 e. The lowest BCUT2D eigenvalue weighted by Crippen LogP contribution is -1.95. The van der Waals surface area contributed by atoms with Crippen molar-refractivity contribution in [2.45, 2.75) is 6.42 Å². The van der Waals surface area contributed by atoms with Crippen LogP contribution in [0.3, 0.4) is 0 Å². The Morgan fingerprint density at radius 3 is 2.75 bits per heavy atom.